The molecule has 0 aromatic heterocycles. The number of para-hydroxylation sites is 1. The van der Waals surface area contributed by atoms with E-state index in [9.17, 15) is 4.79 Å². The number of nitrogens with one attached hydrogen (secondary N) is 1. The number of halogens is 3. The Hall–Kier alpha value is -0.490. The monoisotopic (exact) mass is 395 g/mol. The molecule has 4 nitrogen and oxygen atoms in total. The van der Waals surface area contributed by atoms with Crippen LogP contribution in [0.1, 0.15) is 19.3 Å². The van der Waals surface area contributed by atoms with Crippen molar-refractivity contribution in [3.63, 3.8) is 0 Å². The third-order valence-electron chi connectivity index (χ3n) is 3.96. The fourth-order valence-electron chi connectivity index (χ4n) is 2.50. The first-order chi connectivity index (χ1) is 9.08. The second-order valence-electron chi connectivity index (χ2n) is 5.51. The van der Waals surface area contributed by atoms with Gasteiger partial charge in [0.05, 0.1) is 11.2 Å². The summed E-state index contributed by atoms with van der Waals surface area (Å²) in [6.45, 7) is 1.82. The molecule has 1 amide bonds. The van der Waals surface area contributed by atoms with E-state index < -0.39 is 5.54 Å². The predicted octanol–water partition coefficient (Wildman–Crippen LogP) is 2.48. The number of carbonyl (C=O) groups is 1. The van der Waals surface area contributed by atoms with Crippen LogP contribution < -0.4 is 16.0 Å². The SMILES string of the molecule is Cl.Cl.NC1(C(=O)NC2CCN(c3ccccc3Br)C2)CC1. The average molecular weight is 397 g/mol. The van der Waals surface area contributed by atoms with Crippen LogP contribution in [0.25, 0.3) is 0 Å². The lowest BCUT2D eigenvalue weighted by molar-refractivity contribution is -0.123. The fraction of sp³-hybridized carbons (Fsp3) is 0.500. The molecule has 21 heavy (non-hydrogen) atoms. The van der Waals surface area contributed by atoms with Gasteiger partial charge in [-0.05, 0) is 47.3 Å². The number of hydrogen-bond acceptors (Lipinski definition) is 3. The highest BCUT2D eigenvalue weighted by molar-refractivity contribution is 9.10. The first-order valence-electron chi connectivity index (χ1n) is 6.68. The van der Waals surface area contributed by atoms with Crippen LogP contribution in [-0.2, 0) is 4.79 Å². The van der Waals surface area contributed by atoms with Gasteiger partial charge in [0.15, 0.2) is 0 Å². The largest absolute Gasteiger partial charge is 0.368 e. The van der Waals surface area contributed by atoms with Gasteiger partial charge in [0.1, 0.15) is 0 Å². The quantitative estimate of drug-likeness (QED) is 0.824. The molecule has 0 radical (unpaired) electrons. The van der Waals surface area contributed by atoms with Gasteiger partial charge in [0.2, 0.25) is 5.91 Å². The van der Waals surface area contributed by atoms with Crippen LogP contribution in [0, 0.1) is 0 Å². The fourth-order valence-corrected chi connectivity index (χ4v) is 3.03. The standard InChI is InChI=1S/C14H18BrN3O.2ClH/c15-11-3-1-2-4-12(11)18-8-5-10(9-18)17-13(19)14(16)6-7-14;;/h1-4,10H,5-9,16H2,(H,17,19);2*1H. The van der Waals surface area contributed by atoms with Crippen LogP contribution in [0.2, 0.25) is 0 Å². The average Bonchev–Trinajstić information content (AvgIpc) is 2.98. The lowest BCUT2D eigenvalue weighted by Gasteiger charge is -2.21. The van der Waals surface area contributed by atoms with Gasteiger partial charge in [-0.25, -0.2) is 0 Å². The highest BCUT2D eigenvalue weighted by Crippen LogP contribution is 2.33. The third-order valence-corrected chi connectivity index (χ3v) is 4.63. The van der Waals surface area contributed by atoms with Gasteiger partial charge in [-0.1, -0.05) is 12.1 Å². The minimum Gasteiger partial charge on any atom is -0.368 e. The Morgan fingerprint density at radius 2 is 2.00 bits per heavy atom. The number of hydrogen-bond donors (Lipinski definition) is 2. The Kier molecular flexibility index (Phi) is 6.35. The summed E-state index contributed by atoms with van der Waals surface area (Å²) in [5.41, 5.74) is 6.52. The molecule has 2 aliphatic rings. The van der Waals surface area contributed by atoms with Crippen molar-refractivity contribution in [2.45, 2.75) is 30.8 Å². The van der Waals surface area contributed by atoms with Gasteiger partial charge >= 0.3 is 0 Å². The van der Waals surface area contributed by atoms with E-state index in [1.807, 2.05) is 18.2 Å². The second kappa shape index (κ2) is 7.18. The molecule has 2 fully saturated rings. The van der Waals surface area contributed by atoms with E-state index in [4.69, 9.17) is 5.73 Å². The van der Waals surface area contributed by atoms with E-state index in [1.54, 1.807) is 0 Å². The Bertz CT molecular complexity index is 511. The molecule has 0 spiro atoms. The normalized spacial score (nSPS) is 22.0. The maximum atomic E-state index is 11.9. The van der Waals surface area contributed by atoms with E-state index >= 15 is 0 Å². The molecule has 0 bridgehead atoms. The predicted molar refractivity (Wildman–Crippen MR) is 93.6 cm³/mol. The molecule has 1 saturated carbocycles. The van der Waals surface area contributed by atoms with Crippen molar-refractivity contribution in [2.75, 3.05) is 18.0 Å². The zero-order valence-corrected chi connectivity index (χ0v) is 14.8. The van der Waals surface area contributed by atoms with Crippen LogP contribution in [0.15, 0.2) is 28.7 Å². The molecule has 1 atom stereocenters. The molecule has 1 aliphatic carbocycles. The number of amides is 1. The number of carbonyl (C=O) groups excluding carboxylic acids is 1. The van der Waals surface area contributed by atoms with Crippen LogP contribution >= 0.6 is 40.7 Å². The first kappa shape index (κ1) is 18.6. The van der Waals surface area contributed by atoms with E-state index in [-0.39, 0.29) is 36.8 Å². The Morgan fingerprint density at radius 1 is 1.33 bits per heavy atom. The summed E-state index contributed by atoms with van der Waals surface area (Å²) in [7, 11) is 0. The molecule has 3 N–H and O–H groups in total. The minimum atomic E-state index is -0.569. The molecule has 1 unspecified atom stereocenters. The molecule has 1 saturated heterocycles. The highest BCUT2D eigenvalue weighted by Gasteiger charge is 2.46. The van der Waals surface area contributed by atoms with Crippen molar-refractivity contribution < 1.29 is 4.79 Å². The summed E-state index contributed by atoms with van der Waals surface area (Å²) in [5, 5.41) is 3.08. The summed E-state index contributed by atoms with van der Waals surface area (Å²) >= 11 is 3.57. The van der Waals surface area contributed by atoms with Crippen molar-refractivity contribution in [1.29, 1.82) is 0 Å². The molecule has 1 aliphatic heterocycles. The summed E-state index contributed by atoms with van der Waals surface area (Å²) in [4.78, 5) is 14.2. The highest BCUT2D eigenvalue weighted by atomic mass is 79.9. The van der Waals surface area contributed by atoms with Gasteiger partial charge in [-0.3, -0.25) is 4.79 Å². The van der Waals surface area contributed by atoms with Crippen molar-refractivity contribution in [2.24, 2.45) is 5.73 Å². The van der Waals surface area contributed by atoms with Gasteiger partial charge < -0.3 is 16.0 Å². The van der Waals surface area contributed by atoms with Crippen LogP contribution in [0.5, 0.6) is 0 Å². The lowest BCUT2D eigenvalue weighted by atomic mass is 10.2. The van der Waals surface area contributed by atoms with Gasteiger partial charge in [-0.15, -0.1) is 24.8 Å². The number of nitrogens with zero attached hydrogens (tertiary/aromatic N) is 1. The number of benzene rings is 1. The molecular weight excluding hydrogens is 377 g/mol. The van der Waals surface area contributed by atoms with E-state index in [1.165, 1.54) is 5.69 Å². The summed E-state index contributed by atoms with van der Waals surface area (Å²) in [6, 6.07) is 8.39. The summed E-state index contributed by atoms with van der Waals surface area (Å²) < 4.78 is 1.10. The Labute approximate surface area is 145 Å². The zero-order valence-electron chi connectivity index (χ0n) is 11.5. The topological polar surface area (TPSA) is 58.4 Å². The number of anilines is 1. The third kappa shape index (κ3) is 4.03. The molecular formula is C14H20BrCl2N3O. The lowest BCUT2D eigenvalue weighted by Crippen LogP contribution is -2.47. The molecule has 1 aromatic carbocycles. The first-order valence-corrected chi connectivity index (χ1v) is 7.47. The molecule has 118 valence electrons. The molecule has 1 aromatic rings. The van der Waals surface area contributed by atoms with Crippen LogP contribution in [0.4, 0.5) is 5.69 Å². The van der Waals surface area contributed by atoms with Crippen LogP contribution in [0.3, 0.4) is 0 Å². The smallest absolute Gasteiger partial charge is 0.240 e. The molecule has 1 heterocycles. The number of nitrogens with two attached hydrogens (primary N) is 1. The maximum absolute atomic E-state index is 11.9. The van der Waals surface area contributed by atoms with Gasteiger partial charge in [0.25, 0.3) is 0 Å². The van der Waals surface area contributed by atoms with E-state index in [2.05, 4.69) is 32.2 Å². The summed E-state index contributed by atoms with van der Waals surface area (Å²) in [6.07, 6.45) is 2.61. The zero-order chi connectivity index (χ0) is 13.5. The minimum absolute atomic E-state index is 0. The van der Waals surface area contributed by atoms with Gasteiger partial charge in [0, 0.05) is 23.6 Å². The van der Waals surface area contributed by atoms with Gasteiger partial charge in [-0.2, -0.15) is 0 Å². The molecule has 3 rings (SSSR count). The summed E-state index contributed by atoms with van der Waals surface area (Å²) in [5.74, 6) is 0.0199. The van der Waals surface area contributed by atoms with Crippen molar-refractivity contribution >= 4 is 52.3 Å². The van der Waals surface area contributed by atoms with Crippen LogP contribution in [-0.4, -0.2) is 30.6 Å². The second-order valence-corrected chi connectivity index (χ2v) is 6.37. The maximum Gasteiger partial charge on any atom is 0.240 e. The van der Waals surface area contributed by atoms with Crippen molar-refractivity contribution in [3.8, 4) is 0 Å². The number of rotatable bonds is 3. The molecule has 7 heteroatoms. The van der Waals surface area contributed by atoms with Crippen molar-refractivity contribution in [1.82, 2.24) is 5.32 Å². The Morgan fingerprint density at radius 3 is 2.62 bits per heavy atom. The Balaban J connectivity index is 0.00000110. The van der Waals surface area contributed by atoms with E-state index in [0.29, 0.717) is 0 Å². The van der Waals surface area contributed by atoms with Crippen molar-refractivity contribution in [3.05, 3.63) is 28.7 Å². The van der Waals surface area contributed by atoms with E-state index in [0.717, 1.165) is 36.8 Å².